The van der Waals surface area contributed by atoms with E-state index in [1.54, 1.807) is 0 Å². The Morgan fingerprint density at radius 3 is 0.364 bits per heavy atom. The molecule has 0 bridgehead atoms. The summed E-state index contributed by atoms with van der Waals surface area (Å²) >= 11 is 0. The van der Waals surface area contributed by atoms with Gasteiger partial charge >= 0.3 is 71.2 Å². The van der Waals surface area contributed by atoms with Crippen molar-refractivity contribution in [3.05, 3.63) is 0 Å². The van der Waals surface area contributed by atoms with E-state index >= 15 is 0 Å². The predicted octanol–water partition coefficient (Wildman–Crippen LogP) is -13.9. The SMILES string of the molecule is O.O.O.O.O.O.O.O.O=C([O-])[O-].O=C([O-])[O-].O=C([O-])[O-].[La+3].[La+3]. The van der Waals surface area contributed by atoms with Crippen LogP contribution in [0.5, 0.6) is 0 Å². The van der Waals surface area contributed by atoms with Crippen LogP contribution in [0.15, 0.2) is 0 Å². The largest absolute Gasteiger partial charge is 3.00 e. The fourth-order valence-corrected chi connectivity index (χ4v) is 0. The van der Waals surface area contributed by atoms with Crippen LogP contribution in [0.1, 0.15) is 0 Å². The molecular weight excluding hydrogens is 586 g/mol. The summed E-state index contributed by atoms with van der Waals surface area (Å²) in [6.07, 6.45) is -7.00. The Balaban J connectivity index is -0.00000000409. The molecule has 0 saturated heterocycles. The van der Waals surface area contributed by atoms with Gasteiger partial charge in [0, 0.05) is 0 Å². The van der Waals surface area contributed by atoms with E-state index in [1.807, 2.05) is 0 Å². The van der Waals surface area contributed by atoms with E-state index < -0.39 is 18.5 Å². The Bertz CT molecular complexity index is 119. The number of carboxylic acid groups (broad SMARTS) is 6. The Kier molecular flexibility index (Phi) is 575. The van der Waals surface area contributed by atoms with Crippen molar-refractivity contribution < 1.29 is 160 Å². The zero-order valence-electron chi connectivity index (χ0n) is 10.3. The molecule has 0 rings (SSSR count). The fraction of sp³-hybridized carbons (Fsp3) is 0. The van der Waals surface area contributed by atoms with Gasteiger partial charge in [0.1, 0.15) is 0 Å². The van der Waals surface area contributed by atoms with Crippen LogP contribution in [-0.4, -0.2) is 62.3 Å². The van der Waals surface area contributed by atoms with Crippen LogP contribution in [0.25, 0.3) is 0 Å². The number of carbonyl (C=O) groups excluding carboxylic acids is 3. The zero-order valence-corrected chi connectivity index (χ0v) is 17.6. The third-order valence-corrected chi connectivity index (χ3v) is 0. The van der Waals surface area contributed by atoms with E-state index in [9.17, 15) is 0 Å². The summed E-state index contributed by atoms with van der Waals surface area (Å²) in [5, 5.41) is 50.0. The summed E-state index contributed by atoms with van der Waals surface area (Å²) in [6.45, 7) is 0. The first-order valence-corrected chi connectivity index (χ1v) is 1.84. The number of hydrogen-bond donors (Lipinski definition) is 0. The maximum atomic E-state index is 8.33. The van der Waals surface area contributed by atoms with Gasteiger partial charge in [0.2, 0.25) is 0 Å². The average Bonchev–Trinajstić information content (AvgIpc) is 1.54. The van der Waals surface area contributed by atoms with Crippen molar-refractivity contribution in [3.8, 4) is 0 Å². The quantitative estimate of drug-likeness (QED) is 0.254. The maximum Gasteiger partial charge on any atom is 3.00 e. The molecule has 22 heavy (non-hydrogen) atoms. The second-order valence-corrected chi connectivity index (χ2v) is 0.750. The molecule has 0 amide bonds. The Morgan fingerprint density at radius 1 is 0.364 bits per heavy atom. The van der Waals surface area contributed by atoms with E-state index in [2.05, 4.69) is 0 Å². The van der Waals surface area contributed by atoms with E-state index in [0.29, 0.717) is 0 Å². The molecule has 0 saturated carbocycles. The molecule has 19 heteroatoms. The molecular formula is C3H16La2O17. The Labute approximate surface area is 177 Å². The summed E-state index contributed by atoms with van der Waals surface area (Å²) in [7, 11) is 0. The van der Waals surface area contributed by atoms with Crippen LogP contribution < -0.4 is 30.6 Å². The minimum absolute atomic E-state index is 0. The molecule has 0 aromatic rings. The van der Waals surface area contributed by atoms with Gasteiger partial charge in [-0.2, -0.15) is 0 Å². The summed E-state index contributed by atoms with van der Waals surface area (Å²) in [6, 6.07) is 0. The number of rotatable bonds is 0. The van der Waals surface area contributed by atoms with E-state index in [1.165, 1.54) is 0 Å². The molecule has 0 aliphatic heterocycles. The second-order valence-electron chi connectivity index (χ2n) is 0.750. The van der Waals surface area contributed by atoms with Crippen molar-refractivity contribution in [2.45, 2.75) is 0 Å². The Morgan fingerprint density at radius 2 is 0.364 bits per heavy atom. The second kappa shape index (κ2) is 105. The average molecular weight is 602 g/mol. The molecule has 0 fully saturated rings. The summed E-state index contributed by atoms with van der Waals surface area (Å²) in [5.74, 6) is 0. The number of carbonyl (C=O) groups is 3. The van der Waals surface area contributed by atoms with Crippen molar-refractivity contribution in [3.63, 3.8) is 0 Å². The first-order valence-electron chi connectivity index (χ1n) is 1.84. The van der Waals surface area contributed by atoms with Gasteiger partial charge in [-0.05, 0) is 18.5 Å². The van der Waals surface area contributed by atoms with Gasteiger partial charge in [-0.25, -0.2) is 0 Å². The van der Waals surface area contributed by atoms with Crippen molar-refractivity contribution in [1.82, 2.24) is 0 Å². The molecule has 0 aliphatic carbocycles. The standard InChI is InChI=1S/3CH2O3.2La.8H2O/c3*2-1(3)4;;;;;;;;;;/h3*(H2,2,3,4);;;8*1H2/q;;;2*+3;;;;;;;;/p-6. The van der Waals surface area contributed by atoms with Crippen LogP contribution in [-0.2, 0) is 0 Å². The smallest absolute Gasteiger partial charge is 0.652 e. The molecule has 0 unspecified atom stereocenters. The minimum atomic E-state index is -2.33. The van der Waals surface area contributed by atoms with E-state index in [0.717, 1.165) is 0 Å². The van der Waals surface area contributed by atoms with Gasteiger partial charge in [-0.1, -0.05) is 0 Å². The molecule has 0 radical (unpaired) electrons. The number of hydrogen-bond acceptors (Lipinski definition) is 9. The minimum Gasteiger partial charge on any atom is -0.652 e. The first-order chi connectivity index (χ1) is 5.20. The van der Waals surface area contributed by atoms with Gasteiger partial charge < -0.3 is 88.8 Å². The first kappa shape index (κ1) is 121. The summed E-state index contributed by atoms with van der Waals surface area (Å²) in [4.78, 5) is 25.0. The summed E-state index contributed by atoms with van der Waals surface area (Å²) in [5.41, 5.74) is 0. The topological polar surface area (TPSA) is 442 Å². The molecule has 0 aromatic carbocycles. The molecule has 0 aliphatic rings. The fourth-order valence-electron chi connectivity index (χ4n) is 0. The van der Waals surface area contributed by atoms with Crippen LogP contribution >= 0.6 is 0 Å². The summed E-state index contributed by atoms with van der Waals surface area (Å²) < 4.78 is 0. The zero-order chi connectivity index (χ0) is 10.7. The molecule has 0 atom stereocenters. The van der Waals surface area contributed by atoms with Gasteiger partial charge in [0.15, 0.2) is 0 Å². The molecule has 136 valence electrons. The van der Waals surface area contributed by atoms with Crippen molar-refractivity contribution in [2.75, 3.05) is 0 Å². The third-order valence-electron chi connectivity index (χ3n) is 0. The van der Waals surface area contributed by atoms with Crippen LogP contribution in [0.3, 0.4) is 0 Å². The van der Waals surface area contributed by atoms with Crippen LogP contribution in [0, 0.1) is 71.2 Å². The maximum absolute atomic E-state index is 8.33. The van der Waals surface area contributed by atoms with Crippen LogP contribution in [0.2, 0.25) is 0 Å². The van der Waals surface area contributed by atoms with Gasteiger partial charge in [-0.15, -0.1) is 0 Å². The molecule has 17 nitrogen and oxygen atoms in total. The third kappa shape index (κ3) is 489000. The molecule has 0 aromatic heterocycles. The van der Waals surface area contributed by atoms with Crippen LogP contribution in [0.4, 0.5) is 14.4 Å². The van der Waals surface area contributed by atoms with Gasteiger partial charge in [0.05, 0.1) is 0 Å². The Hall–Kier alpha value is -0.120. The van der Waals surface area contributed by atoms with Crippen molar-refractivity contribution in [1.29, 1.82) is 0 Å². The normalized spacial score (nSPS) is 3.27. The van der Waals surface area contributed by atoms with Crippen molar-refractivity contribution >= 4 is 18.5 Å². The van der Waals surface area contributed by atoms with E-state index in [-0.39, 0.29) is 115 Å². The predicted molar refractivity (Wildman–Crippen MR) is 45.1 cm³/mol. The molecule has 0 spiro atoms. The van der Waals surface area contributed by atoms with Crippen molar-refractivity contribution in [2.24, 2.45) is 0 Å². The monoisotopic (exact) mass is 602 g/mol. The van der Waals surface area contributed by atoms with E-state index in [4.69, 9.17) is 45.0 Å². The molecule has 0 heterocycles. The molecule has 16 N–H and O–H groups in total. The van der Waals surface area contributed by atoms with Gasteiger partial charge in [0.25, 0.3) is 0 Å². The van der Waals surface area contributed by atoms with Gasteiger partial charge in [-0.3, -0.25) is 0 Å².